The van der Waals surface area contributed by atoms with Crippen LogP contribution in [0.15, 0.2) is 12.4 Å². The molecule has 1 aromatic heterocycles. The van der Waals surface area contributed by atoms with E-state index < -0.39 is 0 Å². The Morgan fingerprint density at radius 3 is 2.70 bits per heavy atom. The van der Waals surface area contributed by atoms with E-state index in [0.29, 0.717) is 5.69 Å². The zero-order valence-electron chi connectivity index (χ0n) is 11.8. The van der Waals surface area contributed by atoms with E-state index in [4.69, 9.17) is 5.26 Å². The largest absolute Gasteiger partial charge is 0.355 e. The molecule has 2 aliphatic heterocycles. The molecule has 0 aliphatic carbocycles. The van der Waals surface area contributed by atoms with Gasteiger partial charge in [0.05, 0.1) is 12.4 Å². The Kier molecular flexibility index (Phi) is 4.12. The van der Waals surface area contributed by atoms with Gasteiger partial charge in [-0.05, 0) is 38.3 Å². The van der Waals surface area contributed by atoms with Crippen molar-refractivity contribution in [1.82, 2.24) is 14.9 Å². The summed E-state index contributed by atoms with van der Waals surface area (Å²) in [6, 6.07) is 2.01. The lowest BCUT2D eigenvalue weighted by Gasteiger charge is -2.29. The predicted octanol–water partition coefficient (Wildman–Crippen LogP) is 1.66. The minimum Gasteiger partial charge on any atom is -0.355 e. The third-order valence-corrected chi connectivity index (χ3v) is 4.33. The molecule has 5 nitrogen and oxygen atoms in total. The van der Waals surface area contributed by atoms with Gasteiger partial charge in [0.2, 0.25) is 0 Å². The summed E-state index contributed by atoms with van der Waals surface area (Å²) in [5.41, 5.74) is 0.387. The van der Waals surface area contributed by atoms with Gasteiger partial charge in [0.25, 0.3) is 0 Å². The van der Waals surface area contributed by atoms with Crippen LogP contribution in [0.2, 0.25) is 0 Å². The quantitative estimate of drug-likeness (QED) is 0.837. The average molecular weight is 271 g/mol. The van der Waals surface area contributed by atoms with Gasteiger partial charge in [-0.25, -0.2) is 9.97 Å². The summed E-state index contributed by atoms with van der Waals surface area (Å²) >= 11 is 0. The molecule has 5 heteroatoms. The number of hydrogen-bond donors (Lipinski definition) is 0. The number of hydrogen-bond acceptors (Lipinski definition) is 5. The number of nitriles is 1. The summed E-state index contributed by atoms with van der Waals surface area (Å²) in [4.78, 5) is 13.4. The molecule has 1 atom stereocenters. The molecule has 20 heavy (non-hydrogen) atoms. The van der Waals surface area contributed by atoms with Gasteiger partial charge in [0.15, 0.2) is 5.69 Å². The minimum absolute atomic E-state index is 0.387. The number of rotatable bonds is 3. The Balaban J connectivity index is 1.54. The van der Waals surface area contributed by atoms with Crippen molar-refractivity contribution in [2.75, 3.05) is 37.6 Å². The summed E-state index contributed by atoms with van der Waals surface area (Å²) in [6.07, 6.45) is 8.64. The Morgan fingerprint density at radius 2 is 2.00 bits per heavy atom. The van der Waals surface area contributed by atoms with Crippen LogP contribution < -0.4 is 4.90 Å². The van der Waals surface area contributed by atoms with Crippen molar-refractivity contribution in [3.05, 3.63) is 18.1 Å². The highest BCUT2D eigenvalue weighted by Crippen LogP contribution is 2.23. The van der Waals surface area contributed by atoms with E-state index in [9.17, 15) is 0 Å². The fraction of sp³-hybridized carbons (Fsp3) is 0.667. The van der Waals surface area contributed by atoms with Gasteiger partial charge in [0.1, 0.15) is 11.9 Å². The number of piperidine rings is 1. The Labute approximate surface area is 120 Å². The van der Waals surface area contributed by atoms with Crippen molar-refractivity contribution in [1.29, 1.82) is 5.26 Å². The third-order valence-electron chi connectivity index (χ3n) is 4.33. The highest BCUT2D eigenvalue weighted by atomic mass is 15.2. The first-order valence-corrected chi connectivity index (χ1v) is 7.54. The lowest BCUT2D eigenvalue weighted by Crippen LogP contribution is -2.35. The van der Waals surface area contributed by atoms with Gasteiger partial charge in [-0.3, -0.25) is 0 Å². The van der Waals surface area contributed by atoms with Crippen molar-refractivity contribution >= 4 is 5.82 Å². The molecule has 0 bridgehead atoms. The number of nitrogens with zero attached hydrogens (tertiary/aromatic N) is 5. The fourth-order valence-electron chi connectivity index (χ4n) is 3.24. The molecule has 2 aliphatic rings. The molecule has 2 fully saturated rings. The summed E-state index contributed by atoms with van der Waals surface area (Å²) < 4.78 is 0. The van der Waals surface area contributed by atoms with Crippen molar-refractivity contribution in [2.45, 2.75) is 25.7 Å². The van der Waals surface area contributed by atoms with Crippen molar-refractivity contribution < 1.29 is 0 Å². The summed E-state index contributed by atoms with van der Waals surface area (Å²) in [5, 5.41) is 8.75. The average Bonchev–Trinajstić information content (AvgIpc) is 2.97. The molecular weight excluding hydrogens is 250 g/mol. The fourth-order valence-corrected chi connectivity index (χ4v) is 3.24. The van der Waals surface area contributed by atoms with Crippen LogP contribution in [0.25, 0.3) is 0 Å². The molecule has 0 aromatic carbocycles. The number of likely N-dealkylation sites (tertiary alicyclic amines) is 1. The second kappa shape index (κ2) is 6.19. The third kappa shape index (κ3) is 3.07. The van der Waals surface area contributed by atoms with Crippen molar-refractivity contribution in [3.8, 4) is 6.07 Å². The monoisotopic (exact) mass is 271 g/mol. The first-order chi connectivity index (χ1) is 9.85. The topological polar surface area (TPSA) is 56.1 Å². The molecule has 0 spiro atoms. The van der Waals surface area contributed by atoms with Crippen LogP contribution in [0.1, 0.15) is 31.4 Å². The van der Waals surface area contributed by atoms with E-state index in [1.807, 2.05) is 6.07 Å². The lowest BCUT2D eigenvalue weighted by molar-refractivity contribution is 0.201. The summed E-state index contributed by atoms with van der Waals surface area (Å²) in [6.45, 7) is 5.89. The predicted molar refractivity (Wildman–Crippen MR) is 77.4 cm³/mol. The molecule has 0 amide bonds. The van der Waals surface area contributed by atoms with E-state index in [-0.39, 0.29) is 0 Å². The molecule has 1 unspecified atom stereocenters. The Hall–Kier alpha value is -1.67. The molecule has 0 saturated carbocycles. The van der Waals surface area contributed by atoms with E-state index >= 15 is 0 Å². The maximum absolute atomic E-state index is 8.75. The Morgan fingerprint density at radius 1 is 1.15 bits per heavy atom. The van der Waals surface area contributed by atoms with Crippen LogP contribution in [-0.2, 0) is 0 Å². The van der Waals surface area contributed by atoms with Crippen molar-refractivity contribution in [3.63, 3.8) is 0 Å². The van der Waals surface area contributed by atoms with E-state index in [1.165, 1.54) is 45.3 Å². The molecule has 3 rings (SSSR count). The molecule has 0 radical (unpaired) electrons. The second-order valence-corrected chi connectivity index (χ2v) is 5.83. The number of aromatic nitrogens is 2. The molecule has 0 N–H and O–H groups in total. The summed E-state index contributed by atoms with van der Waals surface area (Å²) in [5.74, 6) is 1.65. The van der Waals surface area contributed by atoms with Crippen LogP contribution in [0.5, 0.6) is 0 Å². The minimum atomic E-state index is 0.387. The maximum Gasteiger partial charge on any atom is 0.158 e. The van der Waals surface area contributed by atoms with Crippen LogP contribution in [0.3, 0.4) is 0 Å². The second-order valence-electron chi connectivity index (χ2n) is 5.83. The highest BCUT2D eigenvalue weighted by Gasteiger charge is 2.25. The first kappa shape index (κ1) is 13.3. The van der Waals surface area contributed by atoms with Gasteiger partial charge >= 0.3 is 0 Å². The zero-order chi connectivity index (χ0) is 13.8. The SMILES string of the molecule is N#Cc1cnc(N2CCC(CN3CCCCC3)C2)cn1. The normalized spacial score (nSPS) is 23.8. The zero-order valence-corrected chi connectivity index (χ0v) is 11.8. The smallest absolute Gasteiger partial charge is 0.158 e. The van der Waals surface area contributed by atoms with Crippen molar-refractivity contribution in [2.24, 2.45) is 5.92 Å². The van der Waals surface area contributed by atoms with Crippen LogP contribution in [0, 0.1) is 17.2 Å². The van der Waals surface area contributed by atoms with Gasteiger partial charge in [0, 0.05) is 19.6 Å². The molecule has 2 saturated heterocycles. The van der Waals surface area contributed by atoms with Gasteiger partial charge in [-0.2, -0.15) is 5.26 Å². The maximum atomic E-state index is 8.75. The highest BCUT2D eigenvalue weighted by molar-refractivity contribution is 5.38. The standard InChI is InChI=1S/C15H21N5/c16-8-14-9-18-15(10-17-14)20-7-4-13(12-20)11-19-5-2-1-3-6-19/h9-10,13H,1-7,11-12H2. The van der Waals surface area contributed by atoms with E-state index in [0.717, 1.165) is 24.8 Å². The van der Waals surface area contributed by atoms with E-state index in [1.54, 1.807) is 12.4 Å². The molecule has 106 valence electrons. The van der Waals surface area contributed by atoms with Crippen LogP contribution in [0.4, 0.5) is 5.82 Å². The van der Waals surface area contributed by atoms with Crippen LogP contribution in [-0.4, -0.2) is 47.6 Å². The van der Waals surface area contributed by atoms with Crippen LogP contribution >= 0.6 is 0 Å². The number of anilines is 1. The van der Waals surface area contributed by atoms with Gasteiger partial charge < -0.3 is 9.80 Å². The van der Waals surface area contributed by atoms with Gasteiger partial charge in [-0.15, -0.1) is 0 Å². The molecule has 1 aromatic rings. The first-order valence-electron chi connectivity index (χ1n) is 7.54. The lowest BCUT2D eigenvalue weighted by atomic mass is 10.1. The van der Waals surface area contributed by atoms with E-state index in [2.05, 4.69) is 19.8 Å². The Bertz CT molecular complexity index is 472. The molecule has 3 heterocycles. The van der Waals surface area contributed by atoms with Gasteiger partial charge in [-0.1, -0.05) is 6.42 Å². The molecular formula is C15H21N5. The summed E-state index contributed by atoms with van der Waals surface area (Å²) in [7, 11) is 0.